The predicted octanol–water partition coefficient (Wildman–Crippen LogP) is 1.37. The number of carboxylic acid groups (broad SMARTS) is 1. The maximum absolute atomic E-state index is 11.5. The van der Waals surface area contributed by atoms with E-state index in [1.807, 2.05) is 0 Å². The number of carboxylic acids is 1. The molecule has 18 heavy (non-hydrogen) atoms. The van der Waals surface area contributed by atoms with Gasteiger partial charge in [0.15, 0.2) is 0 Å². The molecule has 0 aliphatic heterocycles. The lowest BCUT2D eigenvalue weighted by molar-refractivity contribution is -0.146. The number of alkyl carbamates (subject to hydrolysis) is 1. The number of aliphatic carboxylic acids is 1. The van der Waals surface area contributed by atoms with Crippen molar-refractivity contribution in [2.45, 2.75) is 58.8 Å². The van der Waals surface area contributed by atoms with Crippen LogP contribution in [-0.4, -0.2) is 40.0 Å². The highest BCUT2D eigenvalue weighted by molar-refractivity contribution is 5.71. The van der Waals surface area contributed by atoms with Crippen LogP contribution in [0.2, 0.25) is 0 Å². The fraction of sp³-hybridized carbons (Fsp3) is 0.833. The maximum atomic E-state index is 11.5. The van der Waals surface area contributed by atoms with Crippen molar-refractivity contribution in [1.82, 2.24) is 5.32 Å². The fourth-order valence-corrected chi connectivity index (χ4v) is 1.49. The van der Waals surface area contributed by atoms with E-state index in [1.54, 1.807) is 34.6 Å². The third-order valence-corrected chi connectivity index (χ3v) is 2.43. The number of carbonyl (C=O) groups is 2. The van der Waals surface area contributed by atoms with Crippen molar-refractivity contribution in [3.63, 3.8) is 0 Å². The van der Waals surface area contributed by atoms with Gasteiger partial charge >= 0.3 is 12.1 Å². The summed E-state index contributed by atoms with van der Waals surface area (Å²) < 4.78 is 5.02. The number of hydrogen-bond acceptors (Lipinski definition) is 4. The molecule has 0 aromatic carbocycles. The van der Waals surface area contributed by atoms with Gasteiger partial charge in [-0.25, -0.2) is 4.79 Å². The van der Waals surface area contributed by atoms with Crippen molar-refractivity contribution in [3.05, 3.63) is 0 Å². The van der Waals surface area contributed by atoms with Crippen LogP contribution in [0.1, 0.15) is 41.0 Å². The third-order valence-electron chi connectivity index (χ3n) is 2.43. The lowest BCUT2D eigenvalue weighted by atomic mass is 9.95. The van der Waals surface area contributed by atoms with Gasteiger partial charge in [-0.1, -0.05) is 6.92 Å². The minimum absolute atomic E-state index is 0.289. The van der Waals surface area contributed by atoms with Gasteiger partial charge in [0.05, 0.1) is 18.1 Å². The van der Waals surface area contributed by atoms with E-state index in [1.165, 1.54) is 0 Å². The number of ether oxygens (including phenoxy) is 1. The molecular formula is C12H23NO5. The average molecular weight is 261 g/mol. The number of aliphatic hydroxyl groups excluding tert-OH is 1. The molecule has 0 spiro atoms. The molecule has 106 valence electrons. The van der Waals surface area contributed by atoms with Crippen molar-refractivity contribution in [1.29, 1.82) is 0 Å². The van der Waals surface area contributed by atoms with Crippen LogP contribution in [0.15, 0.2) is 0 Å². The van der Waals surface area contributed by atoms with E-state index in [2.05, 4.69) is 5.32 Å². The first-order chi connectivity index (χ1) is 8.08. The highest BCUT2D eigenvalue weighted by Gasteiger charge is 2.30. The van der Waals surface area contributed by atoms with Gasteiger partial charge in [-0.05, 0) is 34.1 Å². The molecule has 0 bridgehead atoms. The quantitative estimate of drug-likeness (QED) is 0.694. The summed E-state index contributed by atoms with van der Waals surface area (Å²) in [6.07, 6.45) is -1.54. The Kier molecular flexibility index (Phi) is 6.11. The third kappa shape index (κ3) is 5.86. The van der Waals surface area contributed by atoms with E-state index in [-0.39, 0.29) is 6.42 Å². The summed E-state index contributed by atoms with van der Waals surface area (Å²) in [6, 6.07) is -0.694. The monoisotopic (exact) mass is 261 g/mol. The number of hydrogen-bond donors (Lipinski definition) is 3. The van der Waals surface area contributed by atoms with Crippen molar-refractivity contribution < 1.29 is 24.5 Å². The second-order valence-corrected chi connectivity index (χ2v) is 5.28. The van der Waals surface area contributed by atoms with Gasteiger partial charge in [-0.3, -0.25) is 4.79 Å². The zero-order valence-corrected chi connectivity index (χ0v) is 11.6. The highest BCUT2D eigenvalue weighted by Crippen LogP contribution is 2.13. The first-order valence-electron chi connectivity index (χ1n) is 5.99. The summed E-state index contributed by atoms with van der Waals surface area (Å²) in [7, 11) is 0. The Morgan fingerprint density at radius 1 is 1.33 bits per heavy atom. The molecule has 6 heteroatoms. The van der Waals surface area contributed by atoms with E-state index >= 15 is 0 Å². The summed E-state index contributed by atoms with van der Waals surface area (Å²) in [5.41, 5.74) is -0.633. The van der Waals surface area contributed by atoms with Crippen molar-refractivity contribution in [2.24, 2.45) is 5.92 Å². The Labute approximate surface area is 107 Å². The van der Waals surface area contributed by atoms with Crippen LogP contribution in [0.25, 0.3) is 0 Å². The van der Waals surface area contributed by atoms with E-state index < -0.39 is 35.7 Å². The molecule has 0 radical (unpaired) electrons. The molecule has 1 amide bonds. The molecule has 0 fully saturated rings. The van der Waals surface area contributed by atoms with Gasteiger partial charge in [0.2, 0.25) is 0 Å². The molecule has 0 aromatic heterocycles. The first kappa shape index (κ1) is 16.7. The highest BCUT2D eigenvalue weighted by atomic mass is 16.6. The smallest absolute Gasteiger partial charge is 0.407 e. The Morgan fingerprint density at radius 3 is 2.17 bits per heavy atom. The molecule has 0 aromatic rings. The van der Waals surface area contributed by atoms with Gasteiger partial charge < -0.3 is 20.3 Å². The van der Waals surface area contributed by atoms with E-state index in [4.69, 9.17) is 9.84 Å². The van der Waals surface area contributed by atoms with E-state index in [0.717, 1.165) is 0 Å². The van der Waals surface area contributed by atoms with Crippen LogP contribution in [0.3, 0.4) is 0 Å². The number of carbonyl (C=O) groups excluding carboxylic acids is 1. The molecule has 6 nitrogen and oxygen atoms in total. The number of aliphatic hydroxyl groups is 1. The van der Waals surface area contributed by atoms with E-state index in [9.17, 15) is 14.7 Å². The Balaban J connectivity index is 4.43. The van der Waals surface area contributed by atoms with Gasteiger partial charge in [-0.15, -0.1) is 0 Å². The Morgan fingerprint density at radius 2 is 1.83 bits per heavy atom. The van der Waals surface area contributed by atoms with Gasteiger partial charge in [0.25, 0.3) is 0 Å². The summed E-state index contributed by atoms with van der Waals surface area (Å²) >= 11 is 0. The van der Waals surface area contributed by atoms with Gasteiger partial charge in [0, 0.05) is 0 Å². The molecule has 3 unspecified atom stereocenters. The topological polar surface area (TPSA) is 95.9 Å². The second kappa shape index (κ2) is 6.58. The predicted molar refractivity (Wildman–Crippen MR) is 66.3 cm³/mol. The average Bonchev–Trinajstić information content (AvgIpc) is 2.14. The van der Waals surface area contributed by atoms with Crippen LogP contribution < -0.4 is 5.32 Å². The standard InChI is InChI=1S/C12H23NO5/c1-6-8(10(15)16)9(14)7(2)13-11(17)18-12(3,4)5/h7-9,14H,6H2,1-5H3,(H,13,17)(H,15,16). The molecule has 0 rings (SSSR count). The molecule has 0 heterocycles. The fourth-order valence-electron chi connectivity index (χ4n) is 1.49. The minimum atomic E-state index is -1.15. The molecular weight excluding hydrogens is 238 g/mol. The van der Waals surface area contributed by atoms with Crippen LogP contribution in [0.5, 0.6) is 0 Å². The maximum Gasteiger partial charge on any atom is 0.407 e. The summed E-state index contributed by atoms with van der Waals surface area (Å²) in [4.78, 5) is 22.3. The Hall–Kier alpha value is -1.30. The van der Waals surface area contributed by atoms with Crippen LogP contribution in [0.4, 0.5) is 4.79 Å². The van der Waals surface area contributed by atoms with Gasteiger partial charge in [0.1, 0.15) is 5.60 Å². The minimum Gasteiger partial charge on any atom is -0.481 e. The number of nitrogens with one attached hydrogen (secondary N) is 1. The van der Waals surface area contributed by atoms with Crippen LogP contribution in [0, 0.1) is 5.92 Å². The summed E-state index contributed by atoms with van der Waals surface area (Å²) in [6.45, 7) is 8.38. The largest absolute Gasteiger partial charge is 0.481 e. The van der Waals surface area contributed by atoms with Crippen molar-refractivity contribution in [2.75, 3.05) is 0 Å². The number of rotatable bonds is 5. The van der Waals surface area contributed by atoms with Crippen molar-refractivity contribution in [3.8, 4) is 0 Å². The first-order valence-corrected chi connectivity index (χ1v) is 5.99. The summed E-state index contributed by atoms with van der Waals surface area (Å²) in [5.74, 6) is -1.99. The van der Waals surface area contributed by atoms with Crippen LogP contribution >= 0.6 is 0 Å². The van der Waals surface area contributed by atoms with Gasteiger partial charge in [-0.2, -0.15) is 0 Å². The Bertz CT molecular complexity index is 297. The van der Waals surface area contributed by atoms with Crippen LogP contribution in [-0.2, 0) is 9.53 Å². The second-order valence-electron chi connectivity index (χ2n) is 5.28. The molecule has 3 N–H and O–H groups in total. The lowest BCUT2D eigenvalue weighted by Gasteiger charge is -2.26. The lowest BCUT2D eigenvalue weighted by Crippen LogP contribution is -2.47. The SMILES string of the molecule is CCC(C(=O)O)C(O)C(C)NC(=O)OC(C)(C)C. The molecule has 0 saturated heterocycles. The number of amides is 1. The molecule has 3 atom stereocenters. The zero-order valence-electron chi connectivity index (χ0n) is 11.6. The molecule has 0 aliphatic rings. The normalized spacial score (nSPS) is 16.6. The molecule has 0 saturated carbocycles. The van der Waals surface area contributed by atoms with E-state index in [0.29, 0.717) is 0 Å². The summed E-state index contributed by atoms with van der Waals surface area (Å²) in [5, 5.41) is 21.2. The molecule has 0 aliphatic carbocycles. The zero-order chi connectivity index (χ0) is 14.5. The van der Waals surface area contributed by atoms with Crippen molar-refractivity contribution >= 4 is 12.1 Å².